The van der Waals surface area contributed by atoms with Gasteiger partial charge in [0.15, 0.2) is 0 Å². The van der Waals surface area contributed by atoms with E-state index in [1.165, 1.54) is 11.6 Å². The number of aryl methyl sites for hydroxylation is 1. The number of fused-ring (bicyclic) bond motifs is 1. The third-order valence-corrected chi connectivity index (χ3v) is 4.67. The number of carbonyl (C=O) groups is 2. The Bertz CT molecular complexity index is 878. The largest absolute Gasteiger partial charge is 0.326 e. The Labute approximate surface area is 148 Å². The molecule has 0 saturated carbocycles. The van der Waals surface area contributed by atoms with Crippen molar-refractivity contribution in [2.75, 3.05) is 16.4 Å². The molecule has 2 aromatic rings. The molecule has 7 nitrogen and oxygen atoms in total. The van der Waals surface area contributed by atoms with Crippen LogP contribution in [0.3, 0.4) is 0 Å². The Morgan fingerprint density at radius 1 is 1.24 bits per heavy atom. The molecule has 2 amide bonds. The molecular formula is C17H18N4O3S. The van der Waals surface area contributed by atoms with Gasteiger partial charge in [-0.2, -0.15) is 16.9 Å². The van der Waals surface area contributed by atoms with Crippen LogP contribution in [0.4, 0.5) is 11.4 Å². The Balaban J connectivity index is 1.71. The van der Waals surface area contributed by atoms with Gasteiger partial charge in [-0.05, 0) is 29.5 Å². The molecule has 0 atom stereocenters. The van der Waals surface area contributed by atoms with E-state index in [1.807, 2.05) is 0 Å². The van der Waals surface area contributed by atoms with Crippen molar-refractivity contribution in [1.82, 2.24) is 9.78 Å². The van der Waals surface area contributed by atoms with Crippen molar-refractivity contribution in [3.63, 3.8) is 0 Å². The second kappa shape index (κ2) is 7.52. The highest BCUT2D eigenvalue weighted by Gasteiger charge is 2.15. The molecule has 0 saturated heterocycles. The Morgan fingerprint density at radius 2 is 2.00 bits per heavy atom. The minimum Gasteiger partial charge on any atom is -0.326 e. The van der Waals surface area contributed by atoms with E-state index >= 15 is 0 Å². The lowest BCUT2D eigenvalue weighted by Crippen LogP contribution is -2.31. The first-order valence-corrected chi connectivity index (χ1v) is 9.02. The Kier molecular flexibility index (Phi) is 5.18. The summed E-state index contributed by atoms with van der Waals surface area (Å²) < 4.78 is 1.20. The van der Waals surface area contributed by atoms with Crippen LogP contribution >= 0.6 is 11.8 Å². The van der Waals surface area contributed by atoms with E-state index in [2.05, 4.69) is 15.7 Å². The lowest BCUT2D eigenvalue weighted by molar-refractivity contribution is -0.117. The summed E-state index contributed by atoms with van der Waals surface area (Å²) in [7, 11) is 0. The molecule has 0 aliphatic carbocycles. The molecule has 0 spiro atoms. The molecule has 25 heavy (non-hydrogen) atoms. The van der Waals surface area contributed by atoms with Crippen LogP contribution in [0.1, 0.15) is 18.2 Å². The zero-order chi connectivity index (χ0) is 17.8. The second-order valence-corrected chi connectivity index (χ2v) is 6.83. The molecule has 0 fully saturated rings. The van der Waals surface area contributed by atoms with Gasteiger partial charge in [-0.25, -0.2) is 4.68 Å². The maximum atomic E-state index is 12.2. The third kappa shape index (κ3) is 4.48. The first kappa shape index (κ1) is 17.2. The maximum absolute atomic E-state index is 12.2. The lowest BCUT2D eigenvalue weighted by atomic mass is 10.2. The van der Waals surface area contributed by atoms with Gasteiger partial charge >= 0.3 is 0 Å². The summed E-state index contributed by atoms with van der Waals surface area (Å²) in [5, 5.41) is 9.69. The van der Waals surface area contributed by atoms with Crippen LogP contribution in [0, 0.1) is 0 Å². The smallest absolute Gasteiger partial charge is 0.267 e. The van der Waals surface area contributed by atoms with Gasteiger partial charge in [0.2, 0.25) is 11.8 Å². The van der Waals surface area contributed by atoms with Gasteiger partial charge in [-0.1, -0.05) is 6.07 Å². The fourth-order valence-electron chi connectivity index (χ4n) is 2.58. The van der Waals surface area contributed by atoms with E-state index in [0.29, 0.717) is 11.4 Å². The van der Waals surface area contributed by atoms with Crippen LogP contribution in [0.5, 0.6) is 0 Å². The topological polar surface area (TPSA) is 93.1 Å². The molecule has 1 aromatic heterocycles. The van der Waals surface area contributed by atoms with Gasteiger partial charge < -0.3 is 10.6 Å². The van der Waals surface area contributed by atoms with Gasteiger partial charge in [-0.3, -0.25) is 14.4 Å². The molecule has 8 heteroatoms. The highest BCUT2D eigenvalue weighted by atomic mass is 32.2. The summed E-state index contributed by atoms with van der Waals surface area (Å²) in [6.07, 6.45) is 0.806. The standard InChI is InChI=1S/C17H18N4O3S/c1-11(22)18-13-3-2-4-14(8-13)19-16(23)9-21-17(24)7-12-10-25-6-5-15(12)20-21/h2-4,7-8H,5-6,9-10H2,1H3,(H,18,22)(H,19,23). The van der Waals surface area contributed by atoms with Gasteiger partial charge in [0.05, 0.1) is 5.69 Å². The minimum atomic E-state index is -0.347. The first-order chi connectivity index (χ1) is 12.0. The summed E-state index contributed by atoms with van der Waals surface area (Å²) in [5.74, 6) is 1.23. The molecule has 0 radical (unpaired) electrons. The Hall–Kier alpha value is -2.61. The van der Waals surface area contributed by atoms with Crippen molar-refractivity contribution >= 4 is 35.0 Å². The third-order valence-electron chi connectivity index (χ3n) is 3.67. The number of benzene rings is 1. The molecular weight excluding hydrogens is 340 g/mol. The van der Waals surface area contributed by atoms with E-state index in [1.54, 1.807) is 42.1 Å². The number of carbonyl (C=O) groups excluding carboxylic acids is 2. The molecule has 3 rings (SSSR count). The number of nitrogens with one attached hydrogen (secondary N) is 2. The van der Waals surface area contributed by atoms with Crippen LogP contribution in [-0.4, -0.2) is 27.3 Å². The van der Waals surface area contributed by atoms with Crippen LogP contribution in [0.25, 0.3) is 0 Å². The average Bonchev–Trinajstić information content (AvgIpc) is 2.55. The number of thioether (sulfide) groups is 1. The summed E-state index contributed by atoms with van der Waals surface area (Å²) in [6, 6.07) is 8.38. The quantitative estimate of drug-likeness (QED) is 0.866. The predicted molar refractivity (Wildman–Crippen MR) is 97.7 cm³/mol. The van der Waals surface area contributed by atoms with Crippen molar-refractivity contribution in [1.29, 1.82) is 0 Å². The highest BCUT2D eigenvalue weighted by molar-refractivity contribution is 7.98. The molecule has 1 aromatic carbocycles. The summed E-state index contributed by atoms with van der Waals surface area (Å²) >= 11 is 1.78. The molecule has 130 valence electrons. The van der Waals surface area contributed by atoms with Gasteiger partial charge in [0, 0.05) is 36.5 Å². The number of aromatic nitrogens is 2. The van der Waals surface area contributed by atoms with Crippen LogP contribution in [0.15, 0.2) is 35.1 Å². The summed E-state index contributed by atoms with van der Waals surface area (Å²) in [6.45, 7) is 1.27. The first-order valence-electron chi connectivity index (χ1n) is 7.86. The van der Waals surface area contributed by atoms with Crippen molar-refractivity contribution in [2.45, 2.75) is 25.6 Å². The second-order valence-electron chi connectivity index (χ2n) is 5.72. The van der Waals surface area contributed by atoms with Crippen LogP contribution in [-0.2, 0) is 28.3 Å². The summed E-state index contributed by atoms with van der Waals surface area (Å²) in [4.78, 5) is 35.4. The van der Waals surface area contributed by atoms with E-state index in [9.17, 15) is 14.4 Å². The van der Waals surface area contributed by atoms with E-state index in [0.717, 1.165) is 29.2 Å². The number of nitrogens with zero attached hydrogens (tertiary/aromatic N) is 2. The zero-order valence-corrected chi connectivity index (χ0v) is 14.6. The maximum Gasteiger partial charge on any atom is 0.267 e. The van der Waals surface area contributed by atoms with Gasteiger partial charge in [-0.15, -0.1) is 0 Å². The molecule has 1 aliphatic rings. The molecule has 2 heterocycles. The highest BCUT2D eigenvalue weighted by Crippen LogP contribution is 2.21. The molecule has 1 aliphatic heterocycles. The molecule has 0 bridgehead atoms. The van der Waals surface area contributed by atoms with Crippen LogP contribution in [0.2, 0.25) is 0 Å². The van der Waals surface area contributed by atoms with Crippen molar-refractivity contribution in [3.8, 4) is 0 Å². The normalized spacial score (nSPS) is 13.0. The molecule has 2 N–H and O–H groups in total. The number of rotatable bonds is 4. The number of amides is 2. The number of hydrogen-bond donors (Lipinski definition) is 2. The van der Waals surface area contributed by atoms with Gasteiger partial charge in [0.1, 0.15) is 6.54 Å². The van der Waals surface area contributed by atoms with Gasteiger partial charge in [0.25, 0.3) is 5.56 Å². The fourth-order valence-corrected chi connectivity index (χ4v) is 3.53. The number of hydrogen-bond acceptors (Lipinski definition) is 5. The van der Waals surface area contributed by atoms with E-state index in [4.69, 9.17) is 0 Å². The zero-order valence-electron chi connectivity index (χ0n) is 13.7. The minimum absolute atomic E-state index is 0.149. The Morgan fingerprint density at radius 3 is 2.76 bits per heavy atom. The number of anilines is 2. The fraction of sp³-hybridized carbons (Fsp3) is 0.294. The van der Waals surface area contributed by atoms with Crippen molar-refractivity contribution < 1.29 is 9.59 Å². The van der Waals surface area contributed by atoms with E-state index in [-0.39, 0.29) is 23.9 Å². The molecule has 0 unspecified atom stereocenters. The predicted octanol–water partition coefficient (Wildman–Crippen LogP) is 1.63. The van der Waals surface area contributed by atoms with E-state index < -0.39 is 0 Å². The van der Waals surface area contributed by atoms with Crippen molar-refractivity contribution in [3.05, 3.63) is 51.9 Å². The SMILES string of the molecule is CC(=O)Nc1cccc(NC(=O)Cn2nc3c(cc2=O)CSCC3)c1. The average molecular weight is 358 g/mol. The monoisotopic (exact) mass is 358 g/mol. The lowest BCUT2D eigenvalue weighted by Gasteiger charge is -2.15. The van der Waals surface area contributed by atoms with Crippen LogP contribution < -0.4 is 16.2 Å². The summed E-state index contributed by atoms with van der Waals surface area (Å²) in [5.41, 5.74) is 2.70. The van der Waals surface area contributed by atoms with Crippen molar-refractivity contribution in [2.24, 2.45) is 0 Å².